The first kappa shape index (κ1) is 27.2. The third-order valence-corrected chi connectivity index (χ3v) is 7.70. The first-order valence-corrected chi connectivity index (χ1v) is 12.4. The van der Waals surface area contributed by atoms with E-state index < -0.39 is 47.6 Å². The standard InChI is InChI=1S/C29H32O9/c1-8-14(2)26(31)38-29(5)24-21(36-27(32)17-9-10-19(34-6)20(13-17)35-7)12-16(4)22-18(30)11-15(3)23(22)25(24)37-28(29)33/h8-11,13,21,23-25H,12H2,1-7H3/b14-8+/t21-,23+,24+,25-,29-/m0/s1. The Bertz CT molecular complexity index is 1300. The minimum absolute atomic E-state index is 0.158. The van der Waals surface area contributed by atoms with Crippen molar-refractivity contribution in [3.05, 3.63) is 58.2 Å². The van der Waals surface area contributed by atoms with E-state index in [1.54, 1.807) is 45.9 Å². The predicted molar refractivity (Wildman–Crippen MR) is 136 cm³/mol. The molecular formula is C29H32O9. The Hall–Kier alpha value is -3.88. The number of rotatable bonds is 6. The van der Waals surface area contributed by atoms with Crippen molar-refractivity contribution < 1.29 is 42.9 Å². The third kappa shape index (κ3) is 4.40. The van der Waals surface area contributed by atoms with Gasteiger partial charge in [0.05, 0.1) is 25.7 Å². The molecule has 0 aromatic heterocycles. The molecule has 2 aliphatic carbocycles. The number of hydrogen-bond donors (Lipinski definition) is 0. The van der Waals surface area contributed by atoms with Gasteiger partial charge in [-0.05, 0) is 58.9 Å². The number of carbonyl (C=O) groups excluding carboxylic acids is 4. The number of hydrogen-bond acceptors (Lipinski definition) is 9. The molecule has 3 aliphatic rings. The molecule has 38 heavy (non-hydrogen) atoms. The van der Waals surface area contributed by atoms with Gasteiger partial charge < -0.3 is 23.7 Å². The van der Waals surface area contributed by atoms with Crippen molar-refractivity contribution in [3.63, 3.8) is 0 Å². The van der Waals surface area contributed by atoms with E-state index in [2.05, 4.69) is 0 Å². The lowest BCUT2D eigenvalue weighted by Gasteiger charge is -2.34. The fraction of sp³-hybridized carbons (Fsp3) is 0.448. The molecule has 1 aromatic rings. The Balaban J connectivity index is 1.78. The Morgan fingerprint density at radius 2 is 1.79 bits per heavy atom. The second-order valence-electron chi connectivity index (χ2n) is 10.0. The lowest BCUT2D eigenvalue weighted by atomic mass is 9.77. The van der Waals surface area contributed by atoms with Crippen LogP contribution in [0.25, 0.3) is 0 Å². The van der Waals surface area contributed by atoms with Gasteiger partial charge in [-0.15, -0.1) is 0 Å². The summed E-state index contributed by atoms with van der Waals surface area (Å²) in [5, 5.41) is 0. The predicted octanol–water partition coefficient (Wildman–Crippen LogP) is 3.90. The summed E-state index contributed by atoms with van der Waals surface area (Å²) in [6.45, 7) is 8.35. The van der Waals surface area contributed by atoms with Crippen molar-refractivity contribution in [3.8, 4) is 11.5 Å². The van der Waals surface area contributed by atoms with Crippen LogP contribution in [0.5, 0.6) is 11.5 Å². The van der Waals surface area contributed by atoms with E-state index in [1.807, 2.05) is 0 Å². The molecule has 0 unspecified atom stereocenters. The van der Waals surface area contributed by atoms with E-state index in [1.165, 1.54) is 33.3 Å². The molecule has 9 heteroatoms. The number of ether oxygens (including phenoxy) is 5. The zero-order chi connectivity index (χ0) is 27.9. The van der Waals surface area contributed by atoms with Crippen LogP contribution in [0.15, 0.2) is 52.6 Å². The minimum atomic E-state index is -1.75. The smallest absolute Gasteiger partial charge is 0.351 e. The summed E-state index contributed by atoms with van der Waals surface area (Å²) in [5.74, 6) is -2.87. The van der Waals surface area contributed by atoms with Gasteiger partial charge in [-0.3, -0.25) is 4.79 Å². The number of fused-ring (bicyclic) bond motifs is 3. The van der Waals surface area contributed by atoms with Gasteiger partial charge in [-0.2, -0.15) is 0 Å². The Morgan fingerprint density at radius 1 is 1.11 bits per heavy atom. The molecule has 1 aliphatic heterocycles. The van der Waals surface area contributed by atoms with Gasteiger partial charge in [-0.25, -0.2) is 14.4 Å². The summed E-state index contributed by atoms with van der Waals surface area (Å²) in [6, 6.07) is 4.62. The van der Waals surface area contributed by atoms with Gasteiger partial charge in [-0.1, -0.05) is 17.2 Å². The van der Waals surface area contributed by atoms with Crippen molar-refractivity contribution in [1.29, 1.82) is 0 Å². The van der Waals surface area contributed by atoms with E-state index in [-0.39, 0.29) is 17.8 Å². The Labute approximate surface area is 221 Å². The molecule has 0 amide bonds. The molecule has 0 bridgehead atoms. The summed E-state index contributed by atoms with van der Waals surface area (Å²) in [4.78, 5) is 52.4. The number of esters is 3. The average Bonchev–Trinajstić information content (AvgIpc) is 3.27. The second kappa shape index (κ2) is 10.1. The number of allylic oxidation sites excluding steroid dienone is 2. The van der Waals surface area contributed by atoms with Gasteiger partial charge in [0.15, 0.2) is 17.3 Å². The third-order valence-electron chi connectivity index (χ3n) is 7.70. The van der Waals surface area contributed by atoms with E-state index in [9.17, 15) is 19.2 Å². The highest BCUT2D eigenvalue weighted by Gasteiger charge is 2.65. The maximum atomic E-state index is 13.4. The van der Waals surface area contributed by atoms with Crippen molar-refractivity contribution in [2.24, 2.45) is 11.8 Å². The fourth-order valence-electron chi connectivity index (χ4n) is 5.58. The van der Waals surface area contributed by atoms with Crippen molar-refractivity contribution in [1.82, 2.24) is 0 Å². The highest BCUT2D eigenvalue weighted by molar-refractivity contribution is 6.09. The highest BCUT2D eigenvalue weighted by Crippen LogP contribution is 2.51. The molecule has 1 heterocycles. The van der Waals surface area contributed by atoms with Crippen LogP contribution >= 0.6 is 0 Å². The Kier molecular flexibility index (Phi) is 7.23. The average molecular weight is 525 g/mol. The summed E-state index contributed by atoms with van der Waals surface area (Å²) in [6.07, 6.45) is 1.47. The van der Waals surface area contributed by atoms with Gasteiger partial charge in [0.1, 0.15) is 12.2 Å². The van der Waals surface area contributed by atoms with Gasteiger partial charge in [0.25, 0.3) is 0 Å². The van der Waals surface area contributed by atoms with Crippen molar-refractivity contribution in [2.75, 3.05) is 14.2 Å². The van der Waals surface area contributed by atoms with Crippen LogP contribution in [-0.2, 0) is 28.6 Å². The van der Waals surface area contributed by atoms with Crippen molar-refractivity contribution in [2.45, 2.75) is 58.8 Å². The SMILES string of the molecule is C/C=C(\C)C(=O)O[C@]1(C)C(=O)O[C@H]2[C@@H]3C(C)=CC(=O)C3=C(C)C[C@H](OC(=O)c3ccc(OC)c(OC)c3)[C@H]21. The molecule has 0 N–H and O–H groups in total. The van der Waals surface area contributed by atoms with E-state index in [4.69, 9.17) is 23.7 Å². The quantitative estimate of drug-likeness (QED) is 0.310. The molecule has 4 rings (SSSR count). The van der Waals surface area contributed by atoms with E-state index in [0.29, 0.717) is 22.6 Å². The molecule has 9 nitrogen and oxygen atoms in total. The van der Waals surface area contributed by atoms with Crippen LogP contribution in [0.3, 0.4) is 0 Å². The monoisotopic (exact) mass is 524 g/mol. The fourth-order valence-corrected chi connectivity index (χ4v) is 5.58. The van der Waals surface area contributed by atoms with Gasteiger partial charge >= 0.3 is 17.9 Å². The lowest BCUT2D eigenvalue weighted by molar-refractivity contribution is -0.173. The van der Waals surface area contributed by atoms with Gasteiger partial charge in [0.2, 0.25) is 5.60 Å². The van der Waals surface area contributed by atoms with Crippen LogP contribution < -0.4 is 9.47 Å². The van der Waals surface area contributed by atoms with Crippen LogP contribution in [0.2, 0.25) is 0 Å². The van der Waals surface area contributed by atoms with Crippen LogP contribution in [0.4, 0.5) is 0 Å². The number of benzene rings is 1. The minimum Gasteiger partial charge on any atom is -0.493 e. The summed E-state index contributed by atoms with van der Waals surface area (Å²) in [7, 11) is 2.94. The molecule has 1 aromatic carbocycles. The molecule has 1 fully saturated rings. The summed E-state index contributed by atoms with van der Waals surface area (Å²) < 4.78 is 28.2. The lowest BCUT2D eigenvalue weighted by Crippen LogP contribution is -2.50. The number of ketones is 1. The molecule has 1 saturated heterocycles. The topological polar surface area (TPSA) is 114 Å². The number of carbonyl (C=O) groups is 4. The first-order valence-electron chi connectivity index (χ1n) is 12.4. The van der Waals surface area contributed by atoms with Crippen LogP contribution in [-0.4, -0.2) is 55.7 Å². The largest absolute Gasteiger partial charge is 0.493 e. The maximum absolute atomic E-state index is 13.4. The second-order valence-corrected chi connectivity index (χ2v) is 10.0. The first-order chi connectivity index (χ1) is 18.0. The molecule has 5 atom stereocenters. The molecule has 202 valence electrons. The summed E-state index contributed by atoms with van der Waals surface area (Å²) >= 11 is 0. The van der Waals surface area contributed by atoms with E-state index >= 15 is 0 Å². The Morgan fingerprint density at radius 3 is 2.42 bits per heavy atom. The van der Waals surface area contributed by atoms with E-state index in [0.717, 1.165) is 11.1 Å². The van der Waals surface area contributed by atoms with Crippen molar-refractivity contribution >= 4 is 23.7 Å². The van der Waals surface area contributed by atoms with Crippen LogP contribution in [0.1, 0.15) is 51.4 Å². The van der Waals surface area contributed by atoms with Gasteiger partial charge in [0, 0.05) is 23.5 Å². The van der Waals surface area contributed by atoms with Crippen LogP contribution in [0, 0.1) is 11.8 Å². The number of methoxy groups -OCH3 is 2. The zero-order valence-corrected chi connectivity index (χ0v) is 22.6. The normalized spacial score (nSPS) is 28.6. The molecule has 0 saturated carbocycles. The molecule has 0 radical (unpaired) electrons. The maximum Gasteiger partial charge on any atom is 0.351 e. The highest BCUT2D eigenvalue weighted by atomic mass is 16.6. The summed E-state index contributed by atoms with van der Waals surface area (Å²) in [5.41, 5.74) is 0.749. The molecule has 0 spiro atoms. The zero-order valence-electron chi connectivity index (χ0n) is 22.6. The molecular weight excluding hydrogens is 492 g/mol.